The molecular weight excluding hydrogens is 433 g/mol. The van der Waals surface area contributed by atoms with E-state index < -0.39 is 21.7 Å². The zero-order valence-corrected chi connectivity index (χ0v) is 18.6. The number of hydrogen-bond acceptors (Lipinski definition) is 6. The molecule has 1 aliphatic heterocycles. The molecule has 1 amide bonds. The number of sulfonamides is 1. The average molecular weight is 458 g/mol. The Kier molecular flexibility index (Phi) is 7.81. The number of amides is 1. The van der Waals surface area contributed by atoms with Crippen molar-refractivity contribution >= 4 is 35.2 Å². The number of carbonyl (C=O) groups excluding carboxylic acids is 1. The number of benzene rings is 1. The number of nitrogens with zero attached hydrogens (tertiary/aromatic N) is 2. The second-order valence-corrected chi connectivity index (χ2v) is 8.62. The number of hydrogen-bond donors (Lipinski definition) is 1. The quantitative estimate of drug-likeness (QED) is 0.715. The van der Waals surface area contributed by atoms with Gasteiger partial charge < -0.3 is 14.8 Å². The topological polar surface area (TPSA) is 97.8 Å². The minimum absolute atomic E-state index is 0. The Morgan fingerprint density at radius 3 is 2.67 bits per heavy atom. The first kappa shape index (κ1) is 24.1. The summed E-state index contributed by atoms with van der Waals surface area (Å²) in [4.78, 5) is 16.7. The zero-order valence-electron chi connectivity index (χ0n) is 16.8. The monoisotopic (exact) mass is 457 g/mol. The molecule has 0 unspecified atom stereocenters. The van der Waals surface area contributed by atoms with Crippen LogP contribution < -0.4 is 10.1 Å². The molecule has 1 aliphatic rings. The van der Waals surface area contributed by atoms with Gasteiger partial charge in [-0.2, -0.15) is 17.8 Å². The second-order valence-electron chi connectivity index (χ2n) is 6.62. The molecule has 1 aromatic carbocycles. The highest BCUT2D eigenvalue weighted by Gasteiger charge is 2.31. The maximum Gasteiger partial charge on any atom is 0.260 e. The van der Waals surface area contributed by atoms with Crippen molar-refractivity contribution in [1.29, 1.82) is 0 Å². The maximum atomic E-state index is 13.4. The summed E-state index contributed by atoms with van der Waals surface area (Å²) >= 11 is 0. The molecule has 164 valence electrons. The fourth-order valence-corrected chi connectivity index (χ4v) is 4.39. The average Bonchev–Trinajstić information content (AvgIpc) is 3.24. The number of anilines is 1. The summed E-state index contributed by atoms with van der Waals surface area (Å²) in [7, 11) is -0.969. The molecular formula is C19H24FN3O5S2. The fourth-order valence-electron chi connectivity index (χ4n) is 2.99. The van der Waals surface area contributed by atoms with Gasteiger partial charge in [0.25, 0.3) is 5.91 Å². The van der Waals surface area contributed by atoms with Crippen molar-refractivity contribution in [2.45, 2.75) is 24.3 Å². The molecule has 0 bridgehead atoms. The van der Waals surface area contributed by atoms with Crippen LogP contribution in [0.4, 0.5) is 10.2 Å². The maximum absolute atomic E-state index is 13.4. The van der Waals surface area contributed by atoms with E-state index in [1.807, 2.05) is 0 Å². The van der Waals surface area contributed by atoms with E-state index in [-0.39, 0.29) is 47.3 Å². The molecule has 0 saturated carbocycles. The van der Waals surface area contributed by atoms with Crippen LogP contribution in [-0.4, -0.2) is 57.0 Å². The number of rotatable bonds is 6. The molecule has 2 heterocycles. The lowest BCUT2D eigenvalue weighted by atomic mass is 10.2. The Balaban J connectivity index is 0.00000320. The summed E-state index contributed by atoms with van der Waals surface area (Å²) in [6, 6.07) is 6.31. The van der Waals surface area contributed by atoms with Crippen LogP contribution in [0.1, 0.15) is 22.5 Å². The third-order valence-corrected chi connectivity index (χ3v) is 6.68. The van der Waals surface area contributed by atoms with Crippen molar-refractivity contribution in [3.63, 3.8) is 0 Å². The first-order valence-electron chi connectivity index (χ1n) is 8.92. The van der Waals surface area contributed by atoms with E-state index in [0.717, 1.165) is 0 Å². The molecule has 11 heteroatoms. The molecule has 1 aromatic heterocycles. The van der Waals surface area contributed by atoms with Gasteiger partial charge in [-0.1, -0.05) is 0 Å². The predicted octanol–water partition coefficient (Wildman–Crippen LogP) is 2.31. The van der Waals surface area contributed by atoms with Gasteiger partial charge in [0.05, 0.1) is 35.9 Å². The number of ether oxygens (including phenoxy) is 2. The molecule has 0 aliphatic carbocycles. The van der Waals surface area contributed by atoms with E-state index in [0.29, 0.717) is 19.6 Å². The smallest absolute Gasteiger partial charge is 0.260 e. The highest BCUT2D eigenvalue weighted by atomic mass is 32.2. The van der Waals surface area contributed by atoms with Gasteiger partial charge >= 0.3 is 0 Å². The van der Waals surface area contributed by atoms with Gasteiger partial charge in [-0.15, -0.1) is 0 Å². The van der Waals surface area contributed by atoms with Gasteiger partial charge in [0.1, 0.15) is 17.4 Å². The number of methoxy groups -OCH3 is 1. The van der Waals surface area contributed by atoms with E-state index in [9.17, 15) is 17.6 Å². The molecule has 2 aromatic rings. The van der Waals surface area contributed by atoms with Crippen molar-refractivity contribution in [2.24, 2.45) is 0 Å². The number of likely N-dealkylation sites (N-methyl/N-ethyl adjacent to an activating group) is 1. The normalized spacial score (nSPS) is 16.2. The highest BCUT2D eigenvalue weighted by Crippen LogP contribution is 2.27. The van der Waals surface area contributed by atoms with Gasteiger partial charge in [0, 0.05) is 13.7 Å². The summed E-state index contributed by atoms with van der Waals surface area (Å²) in [5, 5.41) is 2.54. The van der Waals surface area contributed by atoms with Gasteiger partial charge in [0.2, 0.25) is 10.0 Å². The lowest BCUT2D eigenvalue weighted by Gasteiger charge is -2.23. The van der Waals surface area contributed by atoms with Crippen LogP contribution >= 0.6 is 13.5 Å². The molecule has 1 atom stereocenters. The molecule has 1 fully saturated rings. The van der Waals surface area contributed by atoms with Gasteiger partial charge in [0.15, 0.2) is 0 Å². The Hall–Kier alpha value is -2.21. The zero-order chi connectivity index (χ0) is 21.2. The van der Waals surface area contributed by atoms with E-state index in [2.05, 4.69) is 10.3 Å². The van der Waals surface area contributed by atoms with Crippen molar-refractivity contribution in [3.8, 4) is 5.75 Å². The number of nitrogens with one attached hydrogen (secondary N) is 1. The van der Waals surface area contributed by atoms with Gasteiger partial charge in [-0.05, 0) is 43.7 Å². The third kappa shape index (κ3) is 4.91. The third-order valence-electron chi connectivity index (χ3n) is 4.78. The van der Waals surface area contributed by atoms with Gasteiger partial charge in [-0.25, -0.2) is 17.8 Å². The lowest BCUT2D eigenvalue weighted by Crippen LogP contribution is -2.37. The van der Waals surface area contributed by atoms with Crippen LogP contribution in [0.15, 0.2) is 35.2 Å². The van der Waals surface area contributed by atoms with Crippen LogP contribution in [0.5, 0.6) is 5.75 Å². The summed E-state index contributed by atoms with van der Waals surface area (Å²) in [5.41, 5.74) is 0.153. The Bertz CT molecular complexity index is 1030. The summed E-state index contributed by atoms with van der Waals surface area (Å²) in [6.45, 7) is 2.31. The van der Waals surface area contributed by atoms with E-state index in [1.165, 1.54) is 55.7 Å². The number of aromatic nitrogens is 1. The van der Waals surface area contributed by atoms with Crippen LogP contribution in [0.3, 0.4) is 0 Å². The van der Waals surface area contributed by atoms with E-state index in [1.54, 1.807) is 0 Å². The number of aryl methyl sites for hydroxylation is 1. The van der Waals surface area contributed by atoms with Crippen LogP contribution in [-0.2, 0) is 14.8 Å². The van der Waals surface area contributed by atoms with Crippen molar-refractivity contribution in [1.82, 2.24) is 9.29 Å². The highest BCUT2D eigenvalue weighted by molar-refractivity contribution is 7.89. The minimum Gasteiger partial charge on any atom is -0.496 e. The first-order chi connectivity index (χ1) is 13.7. The van der Waals surface area contributed by atoms with E-state index >= 15 is 0 Å². The summed E-state index contributed by atoms with van der Waals surface area (Å²) < 4.78 is 51.1. The molecule has 1 saturated heterocycles. The van der Waals surface area contributed by atoms with Gasteiger partial charge in [-0.3, -0.25) is 4.79 Å². The molecule has 0 radical (unpaired) electrons. The van der Waals surface area contributed by atoms with Crippen LogP contribution in [0, 0.1) is 12.7 Å². The largest absolute Gasteiger partial charge is 0.496 e. The fraction of sp³-hybridized carbons (Fsp3) is 0.368. The van der Waals surface area contributed by atoms with E-state index in [4.69, 9.17) is 9.47 Å². The van der Waals surface area contributed by atoms with Crippen LogP contribution in [0.25, 0.3) is 0 Å². The molecule has 3 rings (SSSR count). The summed E-state index contributed by atoms with van der Waals surface area (Å²) in [5.74, 6) is -0.770. The lowest BCUT2D eigenvalue weighted by molar-refractivity contribution is 0.102. The van der Waals surface area contributed by atoms with Crippen molar-refractivity contribution in [2.75, 3.05) is 32.7 Å². The Labute approximate surface area is 181 Å². The molecule has 0 spiro atoms. The molecule has 30 heavy (non-hydrogen) atoms. The Morgan fingerprint density at radius 2 is 2.07 bits per heavy atom. The number of pyridine rings is 1. The Morgan fingerprint density at radius 1 is 1.33 bits per heavy atom. The first-order valence-corrected chi connectivity index (χ1v) is 10.4. The minimum atomic E-state index is -3.84. The second kappa shape index (κ2) is 9.73. The number of carbonyl (C=O) groups is 1. The molecule has 8 nitrogen and oxygen atoms in total. The number of halogens is 1. The van der Waals surface area contributed by atoms with Crippen molar-refractivity contribution < 1.29 is 27.1 Å². The SMILES string of the molecule is COc1ccc(S(=O)(=O)N(C)[C@H]2CCOC2)cc1C(=O)Nc1ccc(F)c(C)n1.S. The van der Waals surface area contributed by atoms with Crippen molar-refractivity contribution in [3.05, 3.63) is 47.4 Å². The molecule has 1 N–H and O–H groups in total. The summed E-state index contributed by atoms with van der Waals surface area (Å²) in [6.07, 6.45) is 0.606. The standard InChI is InChI=1S/C19H22FN3O5S.H2S/c1-12-16(20)5-7-18(21-12)22-19(24)15-10-14(4-6-17(15)27-3)29(25,26)23(2)13-8-9-28-11-13;/h4-7,10,13H,8-9,11H2,1-3H3,(H,21,22,24);1H2/t13-;/m0./s1. The predicted molar refractivity (Wildman–Crippen MR) is 114 cm³/mol. The van der Waals surface area contributed by atoms with Crippen LogP contribution in [0.2, 0.25) is 0 Å².